The van der Waals surface area contributed by atoms with Crippen LogP contribution in [0.5, 0.6) is 0 Å². The minimum atomic E-state index is 0.779. The summed E-state index contributed by atoms with van der Waals surface area (Å²) in [5.41, 5.74) is 3.20. The molecule has 2 unspecified atom stereocenters. The van der Waals surface area contributed by atoms with Gasteiger partial charge in [0.15, 0.2) is 0 Å². The molecule has 0 saturated carbocycles. The molecule has 0 N–H and O–H groups in total. The standard InChI is InChI=1S/C15H20BrN/c1-2-9-17-10-8-12-14(17)7-6-11-4-3-5-13(16)15(11)12/h3-5,12,14H,2,6-10H2,1H3. The van der Waals surface area contributed by atoms with Crippen LogP contribution in [-0.2, 0) is 6.42 Å². The number of benzene rings is 1. The van der Waals surface area contributed by atoms with Gasteiger partial charge >= 0.3 is 0 Å². The van der Waals surface area contributed by atoms with Crippen LogP contribution in [0, 0.1) is 0 Å². The first-order valence-corrected chi connectivity index (χ1v) is 7.62. The van der Waals surface area contributed by atoms with Gasteiger partial charge in [-0.1, -0.05) is 35.0 Å². The maximum atomic E-state index is 3.76. The Morgan fingerprint density at radius 1 is 1.35 bits per heavy atom. The van der Waals surface area contributed by atoms with E-state index in [0.29, 0.717) is 0 Å². The van der Waals surface area contributed by atoms with Gasteiger partial charge in [0, 0.05) is 16.4 Å². The Balaban J connectivity index is 1.93. The predicted octanol–water partition coefficient (Wildman–Crippen LogP) is 3.96. The number of fused-ring (bicyclic) bond motifs is 3. The monoisotopic (exact) mass is 293 g/mol. The van der Waals surface area contributed by atoms with Crippen molar-refractivity contribution in [1.29, 1.82) is 0 Å². The molecule has 1 aromatic rings. The number of halogens is 1. The van der Waals surface area contributed by atoms with Gasteiger partial charge in [0.2, 0.25) is 0 Å². The zero-order valence-corrected chi connectivity index (χ0v) is 12.0. The number of aryl methyl sites for hydroxylation is 1. The highest BCUT2D eigenvalue weighted by Gasteiger charge is 2.38. The number of hydrogen-bond donors (Lipinski definition) is 0. The molecule has 1 heterocycles. The second-order valence-corrected chi connectivity index (χ2v) is 6.20. The van der Waals surface area contributed by atoms with Crippen LogP contribution in [0.25, 0.3) is 0 Å². The summed E-state index contributed by atoms with van der Waals surface area (Å²) in [6.45, 7) is 4.87. The van der Waals surface area contributed by atoms with E-state index >= 15 is 0 Å². The Hall–Kier alpha value is -0.340. The van der Waals surface area contributed by atoms with E-state index in [9.17, 15) is 0 Å². The van der Waals surface area contributed by atoms with Crippen LogP contribution in [-0.4, -0.2) is 24.0 Å². The van der Waals surface area contributed by atoms with Gasteiger partial charge < -0.3 is 0 Å². The predicted molar refractivity (Wildman–Crippen MR) is 75.5 cm³/mol. The van der Waals surface area contributed by atoms with Gasteiger partial charge in [-0.25, -0.2) is 0 Å². The number of nitrogens with zero attached hydrogens (tertiary/aromatic N) is 1. The smallest absolute Gasteiger partial charge is 0.0213 e. The van der Waals surface area contributed by atoms with Crippen LogP contribution in [0.3, 0.4) is 0 Å². The summed E-state index contributed by atoms with van der Waals surface area (Å²) in [6, 6.07) is 7.52. The summed E-state index contributed by atoms with van der Waals surface area (Å²) in [5, 5.41) is 0. The first-order valence-electron chi connectivity index (χ1n) is 6.82. The first-order chi connectivity index (χ1) is 8.31. The lowest BCUT2D eigenvalue weighted by Gasteiger charge is -2.33. The van der Waals surface area contributed by atoms with E-state index in [0.717, 1.165) is 12.0 Å². The molecule has 1 fully saturated rings. The van der Waals surface area contributed by atoms with Gasteiger partial charge in [0.1, 0.15) is 0 Å². The van der Waals surface area contributed by atoms with Crippen molar-refractivity contribution >= 4 is 15.9 Å². The van der Waals surface area contributed by atoms with Crippen LogP contribution in [0.1, 0.15) is 43.2 Å². The molecule has 2 heteroatoms. The maximum absolute atomic E-state index is 3.76. The largest absolute Gasteiger partial charge is 0.300 e. The van der Waals surface area contributed by atoms with E-state index < -0.39 is 0 Å². The maximum Gasteiger partial charge on any atom is 0.0213 e. The molecule has 1 aromatic carbocycles. The lowest BCUT2D eigenvalue weighted by atomic mass is 9.79. The van der Waals surface area contributed by atoms with Crippen molar-refractivity contribution in [3.8, 4) is 0 Å². The Bertz CT molecular complexity index is 415. The SMILES string of the molecule is CCCN1CCC2c3c(Br)cccc3CCC21. The molecule has 17 heavy (non-hydrogen) atoms. The average Bonchev–Trinajstić information content (AvgIpc) is 2.73. The summed E-state index contributed by atoms with van der Waals surface area (Å²) < 4.78 is 1.34. The van der Waals surface area contributed by atoms with Crippen LogP contribution in [0.15, 0.2) is 22.7 Å². The zero-order valence-electron chi connectivity index (χ0n) is 10.5. The molecule has 3 rings (SSSR count). The Morgan fingerprint density at radius 2 is 2.24 bits per heavy atom. The lowest BCUT2D eigenvalue weighted by molar-refractivity contribution is 0.227. The summed E-state index contributed by atoms with van der Waals surface area (Å²) in [5.74, 6) is 0.779. The number of likely N-dealkylation sites (tertiary alicyclic amines) is 1. The second kappa shape index (κ2) is 4.74. The van der Waals surface area contributed by atoms with Crippen molar-refractivity contribution in [1.82, 2.24) is 4.90 Å². The highest BCUT2D eigenvalue weighted by atomic mass is 79.9. The average molecular weight is 294 g/mol. The molecule has 0 bridgehead atoms. The molecule has 1 nitrogen and oxygen atoms in total. The van der Waals surface area contributed by atoms with Crippen molar-refractivity contribution in [2.45, 2.75) is 44.6 Å². The molecule has 0 amide bonds. The van der Waals surface area contributed by atoms with E-state index in [1.54, 1.807) is 11.1 Å². The van der Waals surface area contributed by atoms with Crippen molar-refractivity contribution in [3.63, 3.8) is 0 Å². The molecule has 0 spiro atoms. The normalized spacial score (nSPS) is 27.9. The molecular formula is C15H20BrN. The molecule has 0 aromatic heterocycles. The molecular weight excluding hydrogens is 274 g/mol. The molecule has 2 atom stereocenters. The third-order valence-electron chi connectivity index (χ3n) is 4.40. The van der Waals surface area contributed by atoms with E-state index in [-0.39, 0.29) is 0 Å². The summed E-state index contributed by atoms with van der Waals surface area (Å²) in [7, 11) is 0. The van der Waals surface area contributed by atoms with Gasteiger partial charge in [-0.15, -0.1) is 0 Å². The van der Waals surface area contributed by atoms with E-state index in [1.165, 1.54) is 43.2 Å². The lowest BCUT2D eigenvalue weighted by Crippen LogP contribution is -2.35. The molecule has 0 radical (unpaired) electrons. The fourth-order valence-electron chi connectivity index (χ4n) is 3.72. The van der Waals surface area contributed by atoms with Crippen LogP contribution >= 0.6 is 15.9 Å². The van der Waals surface area contributed by atoms with Gasteiger partial charge in [-0.3, -0.25) is 4.90 Å². The Labute approximate surface area is 112 Å². The summed E-state index contributed by atoms with van der Waals surface area (Å²) in [6.07, 6.45) is 5.25. The molecule has 92 valence electrons. The molecule has 1 saturated heterocycles. The van der Waals surface area contributed by atoms with Gasteiger partial charge in [0.05, 0.1) is 0 Å². The molecule has 1 aliphatic carbocycles. The summed E-state index contributed by atoms with van der Waals surface area (Å²) in [4.78, 5) is 2.72. The van der Waals surface area contributed by atoms with Gasteiger partial charge in [-0.05, 0) is 56.0 Å². The van der Waals surface area contributed by atoms with Crippen molar-refractivity contribution in [2.75, 3.05) is 13.1 Å². The Kier molecular flexibility index (Phi) is 3.27. The highest BCUT2D eigenvalue weighted by molar-refractivity contribution is 9.10. The van der Waals surface area contributed by atoms with E-state index in [2.05, 4.69) is 46.0 Å². The van der Waals surface area contributed by atoms with Gasteiger partial charge in [-0.2, -0.15) is 0 Å². The molecule has 1 aliphatic heterocycles. The Morgan fingerprint density at radius 3 is 3.06 bits per heavy atom. The number of rotatable bonds is 2. The minimum Gasteiger partial charge on any atom is -0.300 e. The van der Waals surface area contributed by atoms with Crippen LogP contribution < -0.4 is 0 Å². The third-order valence-corrected chi connectivity index (χ3v) is 5.09. The number of hydrogen-bond acceptors (Lipinski definition) is 1. The molecule has 2 aliphatic rings. The minimum absolute atomic E-state index is 0.779. The quantitative estimate of drug-likeness (QED) is 0.798. The zero-order chi connectivity index (χ0) is 11.8. The van der Waals surface area contributed by atoms with Crippen molar-refractivity contribution < 1.29 is 0 Å². The summed E-state index contributed by atoms with van der Waals surface area (Å²) >= 11 is 3.76. The van der Waals surface area contributed by atoms with Crippen molar-refractivity contribution in [3.05, 3.63) is 33.8 Å². The van der Waals surface area contributed by atoms with Crippen LogP contribution in [0.2, 0.25) is 0 Å². The first kappa shape index (κ1) is 11.7. The highest BCUT2D eigenvalue weighted by Crippen LogP contribution is 2.44. The fraction of sp³-hybridized carbons (Fsp3) is 0.600. The van der Waals surface area contributed by atoms with E-state index in [1.807, 2.05) is 0 Å². The van der Waals surface area contributed by atoms with Crippen molar-refractivity contribution in [2.24, 2.45) is 0 Å². The fourth-order valence-corrected chi connectivity index (χ4v) is 4.42. The van der Waals surface area contributed by atoms with E-state index in [4.69, 9.17) is 0 Å². The van der Waals surface area contributed by atoms with Crippen LogP contribution in [0.4, 0.5) is 0 Å². The third kappa shape index (κ3) is 1.96. The second-order valence-electron chi connectivity index (χ2n) is 5.35. The topological polar surface area (TPSA) is 3.24 Å². The van der Waals surface area contributed by atoms with Gasteiger partial charge in [0.25, 0.3) is 0 Å².